The number of aliphatic carboxylic acids is 1. The van der Waals surface area contributed by atoms with Gasteiger partial charge in [0.15, 0.2) is 5.60 Å². The van der Waals surface area contributed by atoms with Gasteiger partial charge in [-0.05, 0) is 26.7 Å². The van der Waals surface area contributed by atoms with Crippen LogP contribution in [0.5, 0.6) is 0 Å². The van der Waals surface area contributed by atoms with Gasteiger partial charge in [-0.2, -0.15) is 0 Å². The van der Waals surface area contributed by atoms with Gasteiger partial charge in [-0.15, -0.1) is 0 Å². The molecule has 0 spiro atoms. The summed E-state index contributed by atoms with van der Waals surface area (Å²) in [5.74, 6) is -0.836. The third kappa shape index (κ3) is 11.1. The standard InChI is InChI=1S/C19H38O3/c1-4-6-7-8-9-10-11-12-13-14-15-16-17-19(3,18(20)21)22-5-2/h4-17H2,1-3H3,(H,20,21). The molecule has 0 radical (unpaired) electrons. The van der Waals surface area contributed by atoms with Crippen molar-refractivity contribution in [3.8, 4) is 0 Å². The monoisotopic (exact) mass is 314 g/mol. The van der Waals surface area contributed by atoms with E-state index in [1.807, 2.05) is 6.92 Å². The highest BCUT2D eigenvalue weighted by molar-refractivity contribution is 5.76. The zero-order valence-electron chi connectivity index (χ0n) is 15.2. The van der Waals surface area contributed by atoms with Crippen molar-refractivity contribution in [2.75, 3.05) is 6.61 Å². The molecule has 0 heterocycles. The minimum Gasteiger partial charge on any atom is -0.479 e. The number of hydrogen-bond acceptors (Lipinski definition) is 2. The van der Waals surface area contributed by atoms with Crippen LogP contribution in [0.2, 0.25) is 0 Å². The quantitative estimate of drug-likeness (QED) is 0.358. The number of carbonyl (C=O) groups is 1. The molecule has 0 aromatic heterocycles. The highest BCUT2D eigenvalue weighted by atomic mass is 16.5. The van der Waals surface area contributed by atoms with E-state index in [0.717, 1.165) is 12.8 Å². The molecule has 1 N–H and O–H groups in total. The third-order valence-corrected chi connectivity index (χ3v) is 4.42. The van der Waals surface area contributed by atoms with Gasteiger partial charge in [0.2, 0.25) is 0 Å². The van der Waals surface area contributed by atoms with E-state index in [4.69, 9.17) is 4.74 Å². The maximum atomic E-state index is 11.2. The van der Waals surface area contributed by atoms with Gasteiger partial charge in [0, 0.05) is 6.61 Å². The third-order valence-electron chi connectivity index (χ3n) is 4.42. The van der Waals surface area contributed by atoms with Crippen molar-refractivity contribution in [1.29, 1.82) is 0 Å². The summed E-state index contributed by atoms with van der Waals surface area (Å²) in [4.78, 5) is 11.2. The molecule has 22 heavy (non-hydrogen) atoms. The van der Waals surface area contributed by atoms with Crippen molar-refractivity contribution < 1.29 is 14.6 Å². The number of ether oxygens (including phenoxy) is 1. The number of unbranched alkanes of at least 4 members (excludes halogenated alkanes) is 11. The maximum Gasteiger partial charge on any atom is 0.335 e. The fourth-order valence-corrected chi connectivity index (χ4v) is 2.86. The zero-order valence-corrected chi connectivity index (χ0v) is 15.2. The first-order valence-corrected chi connectivity index (χ1v) is 9.44. The predicted octanol–water partition coefficient (Wildman–Crippen LogP) is 5.96. The van der Waals surface area contributed by atoms with E-state index in [9.17, 15) is 9.90 Å². The molecule has 3 nitrogen and oxygen atoms in total. The lowest BCUT2D eigenvalue weighted by molar-refractivity contribution is -0.164. The second-order valence-corrected chi connectivity index (χ2v) is 6.61. The normalized spacial score (nSPS) is 14.0. The van der Waals surface area contributed by atoms with Gasteiger partial charge in [0.25, 0.3) is 0 Å². The van der Waals surface area contributed by atoms with E-state index in [0.29, 0.717) is 13.0 Å². The van der Waals surface area contributed by atoms with Crippen LogP contribution >= 0.6 is 0 Å². The average Bonchev–Trinajstić information content (AvgIpc) is 2.48. The second kappa shape index (κ2) is 14.0. The number of hydrogen-bond donors (Lipinski definition) is 1. The highest BCUT2D eigenvalue weighted by Crippen LogP contribution is 2.21. The molecule has 132 valence electrons. The minimum absolute atomic E-state index is 0.459. The lowest BCUT2D eigenvalue weighted by Gasteiger charge is -2.24. The Balaban J connectivity index is 3.41. The van der Waals surface area contributed by atoms with Crippen LogP contribution in [0, 0.1) is 0 Å². The van der Waals surface area contributed by atoms with Gasteiger partial charge in [-0.25, -0.2) is 4.79 Å². The molecule has 0 aromatic carbocycles. The summed E-state index contributed by atoms with van der Waals surface area (Å²) in [7, 11) is 0. The molecule has 0 saturated heterocycles. The van der Waals surface area contributed by atoms with E-state index in [1.54, 1.807) is 6.92 Å². The van der Waals surface area contributed by atoms with Crippen LogP contribution in [-0.4, -0.2) is 23.3 Å². The summed E-state index contributed by atoms with van der Waals surface area (Å²) in [6.07, 6.45) is 16.2. The van der Waals surface area contributed by atoms with Crippen molar-refractivity contribution in [1.82, 2.24) is 0 Å². The average molecular weight is 315 g/mol. The SMILES string of the molecule is CCCCCCCCCCCCCCC(C)(OCC)C(=O)O. The largest absolute Gasteiger partial charge is 0.479 e. The molecule has 0 aliphatic carbocycles. The van der Waals surface area contributed by atoms with Gasteiger partial charge in [0.05, 0.1) is 0 Å². The Kier molecular flexibility index (Phi) is 13.7. The van der Waals surface area contributed by atoms with Gasteiger partial charge >= 0.3 is 5.97 Å². The Hall–Kier alpha value is -0.570. The Bertz CT molecular complexity index is 265. The lowest BCUT2D eigenvalue weighted by atomic mass is 9.97. The van der Waals surface area contributed by atoms with Crippen molar-refractivity contribution >= 4 is 5.97 Å². The number of rotatable bonds is 16. The Morgan fingerprint density at radius 1 is 0.818 bits per heavy atom. The molecule has 0 saturated carbocycles. The van der Waals surface area contributed by atoms with E-state index < -0.39 is 11.6 Å². The zero-order chi connectivity index (χ0) is 16.7. The van der Waals surface area contributed by atoms with Crippen LogP contribution < -0.4 is 0 Å². The van der Waals surface area contributed by atoms with Crippen LogP contribution in [0.3, 0.4) is 0 Å². The molecule has 0 fully saturated rings. The van der Waals surface area contributed by atoms with Crippen LogP contribution in [0.25, 0.3) is 0 Å². The first-order chi connectivity index (χ1) is 10.6. The molecule has 3 heteroatoms. The number of carboxylic acids is 1. The van der Waals surface area contributed by atoms with E-state index in [2.05, 4.69) is 6.92 Å². The topological polar surface area (TPSA) is 46.5 Å². The summed E-state index contributed by atoms with van der Waals surface area (Å²) >= 11 is 0. The smallest absolute Gasteiger partial charge is 0.335 e. The molecular weight excluding hydrogens is 276 g/mol. The van der Waals surface area contributed by atoms with Crippen molar-refractivity contribution in [2.24, 2.45) is 0 Å². The molecule has 1 unspecified atom stereocenters. The maximum absolute atomic E-state index is 11.2. The Labute approximate surface area is 137 Å². The summed E-state index contributed by atoms with van der Waals surface area (Å²) < 4.78 is 5.39. The van der Waals surface area contributed by atoms with E-state index in [-0.39, 0.29) is 0 Å². The Morgan fingerprint density at radius 2 is 1.23 bits per heavy atom. The molecule has 0 aliphatic rings. The first-order valence-electron chi connectivity index (χ1n) is 9.44. The van der Waals surface area contributed by atoms with Gasteiger partial charge in [-0.3, -0.25) is 0 Å². The fourth-order valence-electron chi connectivity index (χ4n) is 2.86. The van der Waals surface area contributed by atoms with E-state index in [1.165, 1.54) is 64.2 Å². The molecule has 0 aliphatic heterocycles. The van der Waals surface area contributed by atoms with Gasteiger partial charge in [0.1, 0.15) is 0 Å². The summed E-state index contributed by atoms with van der Waals surface area (Å²) in [5.41, 5.74) is -0.993. The van der Waals surface area contributed by atoms with Crippen LogP contribution in [0.4, 0.5) is 0 Å². The Morgan fingerprint density at radius 3 is 1.59 bits per heavy atom. The predicted molar refractivity (Wildman–Crippen MR) is 93.4 cm³/mol. The van der Waals surface area contributed by atoms with Crippen molar-refractivity contribution in [3.05, 3.63) is 0 Å². The second-order valence-electron chi connectivity index (χ2n) is 6.61. The lowest BCUT2D eigenvalue weighted by Crippen LogP contribution is -2.38. The minimum atomic E-state index is -0.993. The number of carboxylic acid groups (broad SMARTS) is 1. The van der Waals surface area contributed by atoms with Crippen LogP contribution in [0.1, 0.15) is 104 Å². The van der Waals surface area contributed by atoms with Gasteiger partial charge < -0.3 is 9.84 Å². The molecule has 0 amide bonds. The van der Waals surface area contributed by atoms with E-state index >= 15 is 0 Å². The summed E-state index contributed by atoms with van der Waals surface area (Å²) in [5, 5.41) is 9.22. The highest BCUT2D eigenvalue weighted by Gasteiger charge is 2.32. The van der Waals surface area contributed by atoms with Crippen LogP contribution in [0.15, 0.2) is 0 Å². The van der Waals surface area contributed by atoms with Gasteiger partial charge in [-0.1, -0.05) is 77.6 Å². The molecule has 1 atom stereocenters. The molecule has 0 bridgehead atoms. The van der Waals surface area contributed by atoms with Crippen molar-refractivity contribution in [3.63, 3.8) is 0 Å². The molecular formula is C19H38O3. The van der Waals surface area contributed by atoms with Crippen LogP contribution in [-0.2, 0) is 9.53 Å². The summed E-state index contributed by atoms with van der Waals surface area (Å²) in [6, 6.07) is 0. The first kappa shape index (κ1) is 21.4. The molecule has 0 aromatic rings. The summed E-state index contributed by atoms with van der Waals surface area (Å²) in [6.45, 7) is 6.26. The molecule has 0 rings (SSSR count). The fraction of sp³-hybridized carbons (Fsp3) is 0.947. The van der Waals surface area contributed by atoms with Crippen molar-refractivity contribution in [2.45, 2.75) is 110 Å².